The van der Waals surface area contributed by atoms with Crippen molar-refractivity contribution in [2.45, 2.75) is 18.8 Å². The van der Waals surface area contributed by atoms with Crippen molar-refractivity contribution in [3.63, 3.8) is 0 Å². The summed E-state index contributed by atoms with van der Waals surface area (Å²) >= 11 is 5.83. The van der Waals surface area contributed by atoms with Gasteiger partial charge in [-0.2, -0.15) is 5.26 Å². The number of hydrogen-bond acceptors (Lipinski definition) is 1. The molecule has 0 N–H and O–H groups in total. The lowest BCUT2D eigenvalue weighted by Gasteiger charge is -2.00. The first kappa shape index (κ1) is 7.64. The van der Waals surface area contributed by atoms with Crippen LogP contribution in [0.25, 0.3) is 0 Å². The molecule has 1 atom stereocenters. The summed E-state index contributed by atoms with van der Waals surface area (Å²) in [6.07, 6.45) is 1.94. The lowest BCUT2D eigenvalue weighted by molar-refractivity contribution is 0.826. The van der Waals surface area contributed by atoms with Crippen LogP contribution in [0.5, 0.6) is 0 Å². The van der Waals surface area contributed by atoms with Crippen LogP contribution < -0.4 is 0 Å². The van der Waals surface area contributed by atoms with Gasteiger partial charge in [-0.15, -0.1) is 0 Å². The second-order valence-corrected chi connectivity index (χ2v) is 3.50. The van der Waals surface area contributed by atoms with E-state index in [1.807, 2.05) is 18.2 Å². The highest BCUT2D eigenvalue weighted by Crippen LogP contribution is 2.33. The molecule has 0 fully saturated rings. The minimum Gasteiger partial charge on any atom is -0.198 e. The Morgan fingerprint density at radius 1 is 1.50 bits per heavy atom. The number of rotatable bonds is 0. The van der Waals surface area contributed by atoms with Gasteiger partial charge in [0.05, 0.1) is 12.0 Å². The van der Waals surface area contributed by atoms with Crippen molar-refractivity contribution in [2.24, 2.45) is 0 Å². The summed E-state index contributed by atoms with van der Waals surface area (Å²) in [5, 5.41) is 9.57. The minimum absolute atomic E-state index is 0.0947. The third-order valence-corrected chi connectivity index (χ3v) is 2.57. The van der Waals surface area contributed by atoms with Crippen LogP contribution in [0, 0.1) is 11.3 Å². The molecule has 0 bridgehead atoms. The molecule has 0 spiro atoms. The molecular weight excluding hydrogens is 170 g/mol. The fourth-order valence-corrected chi connectivity index (χ4v) is 1.91. The molecule has 2 rings (SSSR count). The van der Waals surface area contributed by atoms with E-state index in [9.17, 15) is 0 Å². The Kier molecular flexibility index (Phi) is 1.78. The van der Waals surface area contributed by atoms with Crippen LogP contribution >= 0.6 is 11.6 Å². The summed E-state index contributed by atoms with van der Waals surface area (Å²) in [5.41, 5.74) is 2.41. The number of halogens is 1. The van der Waals surface area contributed by atoms with Crippen molar-refractivity contribution >= 4 is 11.6 Å². The van der Waals surface area contributed by atoms with Crippen molar-refractivity contribution in [1.82, 2.24) is 0 Å². The molecule has 1 aliphatic carbocycles. The molecule has 1 aliphatic rings. The molecule has 2 heteroatoms. The third kappa shape index (κ3) is 1.09. The standard InChI is InChI=1S/C10H8ClN/c11-9-3-4-10-7(5-9)1-2-8(10)6-12/h3-5,8H,1-2H2. The highest BCUT2D eigenvalue weighted by atomic mass is 35.5. The highest BCUT2D eigenvalue weighted by Gasteiger charge is 2.21. The van der Waals surface area contributed by atoms with Crippen LogP contribution in [-0.2, 0) is 6.42 Å². The van der Waals surface area contributed by atoms with E-state index in [0.29, 0.717) is 0 Å². The molecule has 1 unspecified atom stereocenters. The SMILES string of the molecule is N#CC1CCc2cc(Cl)ccc21. The quantitative estimate of drug-likeness (QED) is 0.598. The van der Waals surface area contributed by atoms with E-state index < -0.39 is 0 Å². The zero-order chi connectivity index (χ0) is 8.55. The zero-order valence-electron chi connectivity index (χ0n) is 6.55. The lowest BCUT2D eigenvalue weighted by atomic mass is 10.0. The van der Waals surface area contributed by atoms with Gasteiger partial charge in [0.25, 0.3) is 0 Å². The van der Waals surface area contributed by atoms with Gasteiger partial charge in [0, 0.05) is 5.02 Å². The summed E-state index contributed by atoms with van der Waals surface area (Å²) < 4.78 is 0. The van der Waals surface area contributed by atoms with Crippen molar-refractivity contribution in [2.75, 3.05) is 0 Å². The van der Waals surface area contributed by atoms with Gasteiger partial charge in [0.15, 0.2) is 0 Å². The van der Waals surface area contributed by atoms with Crippen LogP contribution in [0.2, 0.25) is 5.02 Å². The number of hydrogen-bond donors (Lipinski definition) is 0. The number of aryl methyl sites for hydroxylation is 1. The third-order valence-electron chi connectivity index (χ3n) is 2.34. The van der Waals surface area contributed by atoms with Gasteiger partial charge < -0.3 is 0 Å². The molecule has 0 saturated carbocycles. The lowest BCUT2D eigenvalue weighted by Crippen LogP contribution is -1.87. The predicted octanol–water partition coefficient (Wildman–Crippen LogP) is 2.89. The fourth-order valence-electron chi connectivity index (χ4n) is 1.72. The van der Waals surface area contributed by atoms with E-state index in [1.54, 1.807) is 0 Å². The maximum absolute atomic E-state index is 8.80. The van der Waals surface area contributed by atoms with Gasteiger partial charge in [-0.3, -0.25) is 0 Å². The number of nitrogens with zero attached hydrogens (tertiary/aromatic N) is 1. The van der Waals surface area contributed by atoms with Crippen LogP contribution in [0.3, 0.4) is 0 Å². The summed E-state index contributed by atoms with van der Waals surface area (Å²) in [6.45, 7) is 0. The zero-order valence-corrected chi connectivity index (χ0v) is 7.30. The van der Waals surface area contributed by atoms with E-state index >= 15 is 0 Å². The molecule has 1 aromatic carbocycles. The van der Waals surface area contributed by atoms with Gasteiger partial charge in [0.1, 0.15) is 0 Å². The van der Waals surface area contributed by atoms with Crippen LogP contribution in [0.4, 0.5) is 0 Å². The molecule has 0 saturated heterocycles. The van der Waals surface area contributed by atoms with Crippen LogP contribution in [-0.4, -0.2) is 0 Å². The Bertz CT molecular complexity index is 351. The van der Waals surface area contributed by atoms with Crippen molar-refractivity contribution in [3.05, 3.63) is 34.3 Å². The van der Waals surface area contributed by atoms with E-state index in [0.717, 1.165) is 17.9 Å². The minimum atomic E-state index is 0.0947. The molecule has 0 radical (unpaired) electrons. The molecular formula is C10H8ClN. The maximum Gasteiger partial charge on any atom is 0.0718 e. The van der Waals surface area contributed by atoms with Gasteiger partial charge in [-0.25, -0.2) is 0 Å². The predicted molar refractivity (Wildman–Crippen MR) is 48.1 cm³/mol. The second kappa shape index (κ2) is 2.80. The summed E-state index contributed by atoms with van der Waals surface area (Å²) in [4.78, 5) is 0. The molecule has 0 heterocycles. The van der Waals surface area contributed by atoms with Crippen molar-refractivity contribution < 1.29 is 0 Å². The molecule has 0 amide bonds. The van der Waals surface area contributed by atoms with Gasteiger partial charge in [-0.1, -0.05) is 17.7 Å². The molecule has 1 aromatic rings. The number of benzene rings is 1. The topological polar surface area (TPSA) is 23.8 Å². The second-order valence-electron chi connectivity index (χ2n) is 3.06. The molecule has 0 aliphatic heterocycles. The Morgan fingerprint density at radius 2 is 2.33 bits per heavy atom. The number of fused-ring (bicyclic) bond motifs is 1. The van der Waals surface area contributed by atoms with Crippen molar-refractivity contribution in [1.29, 1.82) is 5.26 Å². The van der Waals surface area contributed by atoms with E-state index in [-0.39, 0.29) is 5.92 Å². The normalized spacial score (nSPS) is 20.2. The molecule has 60 valence electrons. The molecule has 0 aromatic heterocycles. The van der Waals surface area contributed by atoms with Crippen LogP contribution in [0.1, 0.15) is 23.5 Å². The van der Waals surface area contributed by atoms with Gasteiger partial charge >= 0.3 is 0 Å². The maximum atomic E-state index is 8.80. The summed E-state index contributed by atoms with van der Waals surface area (Å²) in [6, 6.07) is 8.09. The Balaban J connectivity index is 2.49. The van der Waals surface area contributed by atoms with Gasteiger partial charge in [-0.05, 0) is 36.1 Å². The monoisotopic (exact) mass is 177 g/mol. The van der Waals surface area contributed by atoms with E-state index in [4.69, 9.17) is 16.9 Å². The largest absolute Gasteiger partial charge is 0.198 e. The smallest absolute Gasteiger partial charge is 0.0718 e. The van der Waals surface area contributed by atoms with Crippen LogP contribution in [0.15, 0.2) is 18.2 Å². The highest BCUT2D eigenvalue weighted by molar-refractivity contribution is 6.30. The van der Waals surface area contributed by atoms with Crippen molar-refractivity contribution in [3.8, 4) is 6.07 Å². The molecule has 12 heavy (non-hydrogen) atoms. The summed E-state index contributed by atoms with van der Waals surface area (Å²) in [7, 11) is 0. The Morgan fingerprint density at radius 3 is 3.08 bits per heavy atom. The average Bonchev–Trinajstić information content (AvgIpc) is 2.46. The Labute approximate surface area is 76.6 Å². The van der Waals surface area contributed by atoms with E-state index in [1.165, 1.54) is 11.1 Å². The number of nitriles is 1. The average molecular weight is 178 g/mol. The van der Waals surface area contributed by atoms with Gasteiger partial charge in [0.2, 0.25) is 0 Å². The fraction of sp³-hybridized carbons (Fsp3) is 0.300. The first-order valence-corrected chi connectivity index (χ1v) is 4.37. The summed E-state index contributed by atoms with van der Waals surface area (Å²) in [5.74, 6) is 0.0947. The molecule has 1 nitrogen and oxygen atoms in total. The first-order chi connectivity index (χ1) is 5.81. The van der Waals surface area contributed by atoms with E-state index in [2.05, 4.69) is 6.07 Å². The first-order valence-electron chi connectivity index (χ1n) is 3.99. The Hall–Kier alpha value is -1.00.